The lowest BCUT2D eigenvalue weighted by atomic mass is 9.96. The molecule has 0 radical (unpaired) electrons. The van der Waals surface area contributed by atoms with E-state index in [0.717, 1.165) is 11.1 Å². The summed E-state index contributed by atoms with van der Waals surface area (Å²) in [4.78, 5) is 0. The molecule has 164 valence electrons. The summed E-state index contributed by atoms with van der Waals surface area (Å²) in [5.74, 6) is 0.546. The van der Waals surface area contributed by atoms with Crippen LogP contribution in [0, 0.1) is 0 Å². The summed E-state index contributed by atoms with van der Waals surface area (Å²) in [6.45, 7) is 0. The molecule has 1 atom stereocenters. The van der Waals surface area contributed by atoms with Gasteiger partial charge in [-0.15, -0.1) is 0 Å². The third kappa shape index (κ3) is 5.11. The van der Waals surface area contributed by atoms with Crippen LogP contribution in [0.2, 0.25) is 0 Å². The van der Waals surface area contributed by atoms with E-state index in [1.807, 2.05) is 12.1 Å². The first-order valence-corrected chi connectivity index (χ1v) is 9.61. The first kappa shape index (κ1) is 22.5. The molecule has 0 saturated heterocycles. The van der Waals surface area contributed by atoms with Crippen molar-refractivity contribution in [3.8, 4) is 17.2 Å². The standard InChI is InChI=1S/C24H24F3NO3/c1-29-19-14-18(15-20(30-2)22(19)31-3)23(24(25,26)27)28-21(16-10-6-4-7-11-16)17-12-8-5-9-13-17/h4-15,21,23,28H,1-3H3. The summed E-state index contributed by atoms with van der Waals surface area (Å²) in [5.41, 5.74) is 1.39. The molecule has 0 spiro atoms. The van der Waals surface area contributed by atoms with E-state index in [2.05, 4.69) is 5.32 Å². The molecule has 0 aliphatic carbocycles. The van der Waals surface area contributed by atoms with Gasteiger partial charge in [0.1, 0.15) is 6.04 Å². The number of hydrogen-bond acceptors (Lipinski definition) is 4. The minimum absolute atomic E-state index is 0.0427. The van der Waals surface area contributed by atoms with Crippen LogP contribution >= 0.6 is 0 Å². The van der Waals surface area contributed by atoms with E-state index in [9.17, 15) is 13.2 Å². The minimum Gasteiger partial charge on any atom is -0.493 e. The zero-order chi connectivity index (χ0) is 22.4. The number of methoxy groups -OCH3 is 3. The van der Waals surface area contributed by atoms with Crippen molar-refractivity contribution in [3.63, 3.8) is 0 Å². The highest BCUT2D eigenvalue weighted by Crippen LogP contribution is 2.44. The molecule has 0 bridgehead atoms. The van der Waals surface area contributed by atoms with Gasteiger partial charge >= 0.3 is 6.18 Å². The van der Waals surface area contributed by atoms with Gasteiger partial charge in [-0.3, -0.25) is 5.32 Å². The van der Waals surface area contributed by atoms with Crippen molar-refractivity contribution >= 4 is 0 Å². The van der Waals surface area contributed by atoms with Crippen molar-refractivity contribution in [1.29, 1.82) is 0 Å². The zero-order valence-electron chi connectivity index (χ0n) is 17.4. The second-order valence-corrected chi connectivity index (χ2v) is 6.85. The first-order chi connectivity index (χ1) is 14.9. The first-order valence-electron chi connectivity index (χ1n) is 9.61. The monoisotopic (exact) mass is 431 g/mol. The van der Waals surface area contributed by atoms with Gasteiger partial charge in [0.15, 0.2) is 11.5 Å². The Balaban J connectivity index is 2.11. The van der Waals surface area contributed by atoms with Gasteiger partial charge in [-0.2, -0.15) is 13.2 Å². The van der Waals surface area contributed by atoms with Crippen molar-refractivity contribution in [2.75, 3.05) is 21.3 Å². The summed E-state index contributed by atoms with van der Waals surface area (Å²) in [7, 11) is 4.14. The van der Waals surface area contributed by atoms with Gasteiger partial charge in [-0.05, 0) is 28.8 Å². The summed E-state index contributed by atoms with van der Waals surface area (Å²) >= 11 is 0. The average molecular weight is 431 g/mol. The van der Waals surface area contributed by atoms with Crippen molar-refractivity contribution in [2.45, 2.75) is 18.3 Å². The molecule has 31 heavy (non-hydrogen) atoms. The lowest BCUT2D eigenvalue weighted by Gasteiger charge is -2.29. The van der Waals surface area contributed by atoms with Crippen LogP contribution in [-0.4, -0.2) is 27.5 Å². The normalized spacial score (nSPS) is 12.5. The fourth-order valence-electron chi connectivity index (χ4n) is 3.49. The van der Waals surface area contributed by atoms with Crippen LogP contribution in [0.5, 0.6) is 17.2 Å². The molecule has 3 aromatic carbocycles. The number of hydrogen-bond donors (Lipinski definition) is 1. The number of alkyl halides is 3. The van der Waals surface area contributed by atoms with Gasteiger partial charge in [0.2, 0.25) is 5.75 Å². The topological polar surface area (TPSA) is 39.7 Å². The van der Waals surface area contributed by atoms with E-state index in [4.69, 9.17) is 14.2 Å². The number of halogens is 3. The smallest absolute Gasteiger partial charge is 0.407 e. The Morgan fingerprint density at radius 3 is 1.48 bits per heavy atom. The highest BCUT2D eigenvalue weighted by molar-refractivity contribution is 5.54. The molecular formula is C24H24F3NO3. The minimum atomic E-state index is -4.58. The molecule has 1 N–H and O–H groups in total. The predicted molar refractivity (Wildman–Crippen MR) is 113 cm³/mol. The molecule has 0 amide bonds. The van der Waals surface area contributed by atoms with Gasteiger partial charge in [0.05, 0.1) is 27.4 Å². The summed E-state index contributed by atoms with van der Waals surface area (Å²) in [6, 6.07) is 18.0. The quantitative estimate of drug-likeness (QED) is 0.497. The maximum absolute atomic E-state index is 14.3. The van der Waals surface area contributed by atoms with Crippen LogP contribution < -0.4 is 19.5 Å². The van der Waals surface area contributed by atoms with Crippen LogP contribution in [0.15, 0.2) is 72.8 Å². The van der Waals surface area contributed by atoms with Gasteiger partial charge in [0.25, 0.3) is 0 Å². The summed E-state index contributed by atoms with van der Waals surface area (Å²) in [5, 5.41) is 2.81. The largest absolute Gasteiger partial charge is 0.493 e. The number of nitrogens with one attached hydrogen (secondary N) is 1. The highest BCUT2D eigenvalue weighted by Gasteiger charge is 2.43. The number of ether oxygens (including phenoxy) is 3. The average Bonchev–Trinajstić information content (AvgIpc) is 2.79. The van der Waals surface area contributed by atoms with E-state index >= 15 is 0 Å². The highest BCUT2D eigenvalue weighted by atomic mass is 19.4. The molecule has 0 fully saturated rings. The number of benzene rings is 3. The Labute approximate surface area is 179 Å². The lowest BCUT2D eigenvalue weighted by molar-refractivity contribution is -0.159. The van der Waals surface area contributed by atoms with Crippen LogP contribution in [0.1, 0.15) is 28.8 Å². The molecule has 3 rings (SSSR count). The Morgan fingerprint density at radius 1 is 0.677 bits per heavy atom. The predicted octanol–water partition coefficient (Wildman–Crippen LogP) is 5.70. The van der Waals surface area contributed by atoms with E-state index in [1.54, 1.807) is 48.5 Å². The molecule has 4 nitrogen and oxygen atoms in total. The molecule has 0 heterocycles. The Kier molecular flexibility index (Phi) is 7.07. The fraction of sp³-hybridized carbons (Fsp3) is 0.250. The number of rotatable bonds is 8. The maximum Gasteiger partial charge on any atom is 0.407 e. The molecule has 0 aliphatic rings. The van der Waals surface area contributed by atoms with Gasteiger partial charge in [-0.25, -0.2) is 0 Å². The molecule has 7 heteroatoms. The van der Waals surface area contributed by atoms with Crippen molar-refractivity contribution in [3.05, 3.63) is 89.5 Å². The summed E-state index contributed by atoms with van der Waals surface area (Å²) < 4.78 is 58.6. The van der Waals surface area contributed by atoms with Gasteiger partial charge in [0, 0.05) is 0 Å². The van der Waals surface area contributed by atoms with Gasteiger partial charge < -0.3 is 14.2 Å². The molecule has 0 aromatic heterocycles. The zero-order valence-corrected chi connectivity index (χ0v) is 17.4. The molecule has 0 aliphatic heterocycles. The SMILES string of the molecule is COc1cc(C(NC(c2ccccc2)c2ccccc2)C(F)(F)F)cc(OC)c1OC. The van der Waals surface area contributed by atoms with Crippen LogP contribution in [0.3, 0.4) is 0 Å². The molecule has 3 aromatic rings. The van der Waals surface area contributed by atoms with E-state index in [0.29, 0.717) is 0 Å². The lowest BCUT2D eigenvalue weighted by Crippen LogP contribution is -2.37. The Morgan fingerprint density at radius 2 is 1.13 bits per heavy atom. The Bertz CT molecular complexity index is 914. The summed E-state index contributed by atoms with van der Waals surface area (Å²) in [6.07, 6.45) is -4.58. The van der Waals surface area contributed by atoms with Crippen molar-refractivity contribution < 1.29 is 27.4 Å². The van der Waals surface area contributed by atoms with Gasteiger partial charge in [-0.1, -0.05) is 60.7 Å². The Hall–Kier alpha value is -3.19. The third-order valence-corrected chi connectivity index (χ3v) is 4.95. The second-order valence-electron chi connectivity index (χ2n) is 6.85. The molecule has 1 unspecified atom stereocenters. The van der Waals surface area contributed by atoms with Crippen LogP contribution in [-0.2, 0) is 0 Å². The van der Waals surface area contributed by atoms with Crippen LogP contribution in [0.4, 0.5) is 13.2 Å². The third-order valence-electron chi connectivity index (χ3n) is 4.95. The van der Waals surface area contributed by atoms with Crippen molar-refractivity contribution in [2.24, 2.45) is 0 Å². The van der Waals surface area contributed by atoms with E-state index < -0.39 is 18.3 Å². The van der Waals surface area contributed by atoms with Crippen molar-refractivity contribution in [1.82, 2.24) is 5.32 Å². The fourth-order valence-corrected chi connectivity index (χ4v) is 3.49. The molecular weight excluding hydrogens is 407 g/mol. The molecule has 0 saturated carbocycles. The van der Waals surface area contributed by atoms with E-state index in [1.165, 1.54) is 33.5 Å². The van der Waals surface area contributed by atoms with E-state index in [-0.39, 0.29) is 22.8 Å². The van der Waals surface area contributed by atoms with Crippen LogP contribution in [0.25, 0.3) is 0 Å². The second kappa shape index (κ2) is 9.75. The maximum atomic E-state index is 14.3.